The Kier molecular flexibility index (Phi) is 3.71. The second-order valence-corrected chi connectivity index (χ2v) is 4.51. The zero-order valence-corrected chi connectivity index (χ0v) is 10.4. The third-order valence-corrected chi connectivity index (χ3v) is 2.88. The van der Waals surface area contributed by atoms with Crippen molar-refractivity contribution in [1.82, 2.24) is 4.90 Å². The molecule has 0 spiro atoms. The number of furan rings is 1. The molecule has 0 amide bonds. The molecule has 3 nitrogen and oxygen atoms in total. The van der Waals surface area contributed by atoms with Gasteiger partial charge in [0.15, 0.2) is 0 Å². The summed E-state index contributed by atoms with van der Waals surface area (Å²) in [6.45, 7) is 1.49. The Balaban J connectivity index is 2.02. The maximum Gasteiger partial charge on any atom is 0.117 e. The van der Waals surface area contributed by atoms with Crippen molar-refractivity contribution in [2.45, 2.75) is 13.1 Å². The van der Waals surface area contributed by atoms with Crippen molar-refractivity contribution in [1.29, 1.82) is 0 Å². The maximum atomic E-state index is 6.12. The van der Waals surface area contributed by atoms with Gasteiger partial charge in [-0.3, -0.25) is 4.90 Å². The fraction of sp³-hybridized carbons (Fsp3) is 0.231. The fourth-order valence-corrected chi connectivity index (χ4v) is 1.91. The number of nitrogen functional groups attached to an aromatic ring is 1. The van der Waals surface area contributed by atoms with Gasteiger partial charge >= 0.3 is 0 Å². The predicted octanol–water partition coefficient (Wildman–Crippen LogP) is 3.15. The number of hydrogen-bond donors (Lipinski definition) is 1. The molecule has 0 saturated heterocycles. The van der Waals surface area contributed by atoms with Crippen LogP contribution in [0.5, 0.6) is 0 Å². The lowest BCUT2D eigenvalue weighted by Crippen LogP contribution is -2.17. The number of hydrogen-bond acceptors (Lipinski definition) is 3. The van der Waals surface area contributed by atoms with E-state index in [1.807, 2.05) is 31.3 Å². The van der Waals surface area contributed by atoms with Gasteiger partial charge in [-0.05, 0) is 42.9 Å². The average Bonchev–Trinajstić information content (AvgIpc) is 2.76. The molecule has 0 aliphatic heterocycles. The topological polar surface area (TPSA) is 42.4 Å². The lowest BCUT2D eigenvalue weighted by molar-refractivity contribution is 0.288. The number of nitrogens with zero attached hydrogens (tertiary/aromatic N) is 1. The first-order chi connectivity index (χ1) is 8.15. The molecule has 2 N–H and O–H groups in total. The summed E-state index contributed by atoms with van der Waals surface area (Å²) in [5.74, 6) is 0.938. The molecule has 1 heterocycles. The number of benzene rings is 1. The van der Waals surface area contributed by atoms with Gasteiger partial charge in [-0.2, -0.15) is 0 Å². The molecule has 0 unspecified atom stereocenters. The predicted molar refractivity (Wildman–Crippen MR) is 69.7 cm³/mol. The van der Waals surface area contributed by atoms with Crippen LogP contribution in [0, 0.1) is 0 Å². The van der Waals surface area contributed by atoms with Crippen LogP contribution in [0.15, 0.2) is 41.0 Å². The quantitative estimate of drug-likeness (QED) is 0.848. The summed E-state index contributed by atoms with van der Waals surface area (Å²) >= 11 is 6.12. The van der Waals surface area contributed by atoms with Crippen LogP contribution in [0.1, 0.15) is 11.3 Å². The first-order valence-electron chi connectivity index (χ1n) is 5.40. The Morgan fingerprint density at radius 3 is 2.82 bits per heavy atom. The Labute approximate surface area is 106 Å². The zero-order chi connectivity index (χ0) is 12.3. The maximum absolute atomic E-state index is 6.12. The molecule has 2 aromatic rings. The molecule has 4 heteroatoms. The van der Waals surface area contributed by atoms with Gasteiger partial charge < -0.3 is 10.2 Å². The fourth-order valence-electron chi connectivity index (χ4n) is 1.73. The van der Waals surface area contributed by atoms with Gasteiger partial charge in [-0.25, -0.2) is 0 Å². The van der Waals surface area contributed by atoms with Crippen molar-refractivity contribution in [3.05, 3.63) is 52.9 Å². The molecule has 0 radical (unpaired) electrons. The molecular formula is C13H15ClN2O. The van der Waals surface area contributed by atoms with Gasteiger partial charge in [0.05, 0.1) is 12.8 Å². The Hall–Kier alpha value is -1.45. The third kappa shape index (κ3) is 3.25. The molecule has 0 atom stereocenters. The summed E-state index contributed by atoms with van der Waals surface area (Å²) in [7, 11) is 2.02. The van der Waals surface area contributed by atoms with Crippen LogP contribution in [0.2, 0.25) is 5.02 Å². The highest BCUT2D eigenvalue weighted by Crippen LogP contribution is 2.20. The lowest BCUT2D eigenvalue weighted by Gasteiger charge is -2.16. The molecule has 90 valence electrons. The second kappa shape index (κ2) is 5.25. The van der Waals surface area contributed by atoms with E-state index in [4.69, 9.17) is 21.8 Å². The largest absolute Gasteiger partial charge is 0.468 e. The monoisotopic (exact) mass is 250 g/mol. The zero-order valence-electron chi connectivity index (χ0n) is 9.69. The first-order valence-corrected chi connectivity index (χ1v) is 5.78. The highest BCUT2D eigenvalue weighted by molar-refractivity contribution is 6.31. The van der Waals surface area contributed by atoms with Gasteiger partial charge in [0.1, 0.15) is 5.76 Å². The number of halogens is 1. The van der Waals surface area contributed by atoms with Crippen LogP contribution in [0.3, 0.4) is 0 Å². The van der Waals surface area contributed by atoms with Gasteiger partial charge in [-0.15, -0.1) is 0 Å². The van der Waals surface area contributed by atoms with E-state index in [0.717, 1.165) is 35.1 Å². The normalized spacial score (nSPS) is 11.0. The minimum absolute atomic E-state index is 0.732. The summed E-state index contributed by atoms with van der Waals surface area (Å²) < 4.78 is 5.30. The van der Waals surface area contributed by atoms with Crippen molar-refractivity contribution in [2.75, 3.05) is 12.8 Å². The molecule has 0 aliphatic carbocycles. The van der Waals surface area contributed by atoms with E-state index >= 15 is 0 Å². The Morgan fingerprint density at radius 1 is 1.29 bits per heavy atom. The van der Waals surface area contributed by atoms with Gasteiger partial charge in [-0.1, -0.05) is 11.6 Å². The molecule has 1 aromatic heterocycles. The molecule has 17 heavy (non-hydrogen) atoms. The van der Waals surface area contributed by atoms with Crippen molar-refractivity contribution >= 4 is 17.3 Å². The Morgan fingerprint density at radius 2 is 2.12 bits per heavy atom. The van der Waals surface area contributed by atoms with Crippen LogP contribution in [-0.2, 0) is 13.1 Å². The average molecular weight is 251 g/mol. The third-order valence-electron chi connectivity index (χ3n) is 2.52. The Bertz CT molecular complexity index is 482. The van der Waals surface area contributed by atoms with E-state index in [0.29, 0.717) is 0 Å². The molecule has 1 aromatic carbocycles. The number of nitrogens with two attached hydrogens (primary N) is 1. The van der Waals surface area contributed by atoms with Crippen LogP contribution in [0.25, 0.3) is 0 Å². The van der Waals surface area contributed by atoms with Crippen molar-refractivity contribution in [3.63, 3.8) is 0 Å². The smallest absolute Gasteiger partial charge is 0.117 e. The van der Waals surface area contributed by atoms with Crippen molar-refractivity contribution in [3.8, 4) is 0 Å². The van der Waals surface area contributed by atoms with Crippen LogP contribution in [-0.4, -0.2) is 11.9 Å². The molecule has 0 fully saturated rings. The van der Waals surface area contributed by atoms with E-state index in [2.05, 4.69) is 4.90 Å². The van der Waals surface area contributed by atoms with Gasteiger partial charge in [0.25, 0.3) is 0 Å². The van der Waals surface area contributed by atoms with E-state index in [-0.39, 0.29) is 0 Å². The van der Waals surface area contributed by atoms with Crippen molar-refractivity contribution < 1.29 is 4.42 Å². The minimum atomic E-state index is 0.732. The molecular weight excluding hydrogens is 236 g/mol. The van der Waals surface area contributed by atoms with Crippen molar-refractivity contribution in [2.24, 2.45) is 0 Å². The summed E-state index contributed by atoms with van der Waals surface area (Å²) in [5.41, 5.74) is 7.50. The molecule has 0 saturated carbocycles. The van der Waals surface area contributed by atoms with E-state index in [1.165, 1.54) is 0 Å². The second-order valence-electron chi connectivity index (χ2n) is 4.10. The highest BCUT2D eigenvalue weighted by atomic mass is 35.5. The van der Waals surface area contributed by atoms with Crippen LogP contribution in [0.4, 0.5) is 5.69 Å². The summed E-state index contributed by atoms with van der Waals surface area (Å²) in [5, 5.41) is 0.741. The number of rotatable bonds is 4. The summed E-state index contributed by atoms with van der Waals surface area (Å²) in [6, 6.07) is 9.38. The molecule has 0 aliphatic rings. The standard InChI is InChI=1S/C13H15ClN2O/c1-16(9-12-3-2-6-17-12)8-10-7-11(15)4-5-13(10)14/h2-7H,8-9,15H2,1H3. The SMILES string of the molecule is CN(Cc1ccco1)Cc1cc(N)ccc1Cl. The first kappa shape index (κ1) is 12.0. The lowest BCUT2D eigenvalue weighted by atomic mass is 10.2. The molecule has 2 rings (SSSR count). The summed E-state index contributed by atoms with van der Waals surface area (Å²) in [6.07, 6.45) is 1.68. The summed E-state index contributed by atoms with van der Waals surface area (Å²) in [4.78, 5) is 2.12. The van der Waals surface area contributed by atoms with E-state index < -0.39 is 0 Å². The van der Waals surface area contributed by atoms with E-state index in [1.54, 1.807) is 12.3 Å². The molecule has 0 bridgehead atoms. The van der Waals surface area contributed by atoms with Crippen LogP contribution < -0.4 is 5.73 Å². The van der Waals surface area contributed by atoms with Crippen LogP contribution >= 0.6 is 11.6 Å². The number of anilines is 1. The van der Waals surface area contributed by atoms with Gasteiger partial charge in [0, 0.05) is 17.3 Å². The minimum Gasteiger partial charge on any atom is -0.468 e. The highest BCUT2D eigenvalue weighted by Gasteiger charge is 2.07. The van der Waals surface area contributed by atoms with E-state index in [9.17, 15) is 0 Å². The van der Waals surface area contributed by atoms with Gasteiger partial charge in [0.2, 0.25) is 0 Å².